The Morgan fingerprint density at radius 2 is 1.83 bits per heavy atom. The summed E-state index contributed by atoms with van der Waals surface area (Å²) in [4.78, 5) is 2.00. The van der Waals surface area contributed by atoms with E-state index in [4.69, 9.17) is 10.0 Å². The molecule has 4 nitrogen and oxygen atoms in total. The highest BCUT2D eigenvalue weighted by Crippen LogP contribution is 2.45. The van der Waals surface area contributed by atoms with Crippen LogP contribution in [0.25, 0.3) is 0 Å². The maximum Gasteiger partial charge on any atom is 0.297 e. The monoisotopic (exact) mass is 338 g/mol. The molecule has 1 aliphatic rings. The number of hydrogen-bond donors (Lipinski definition) is 1. The molecule has 1 aromatic rings. The second kappa shape index (κ2) is 7.38. The van der Waals surface area contributed by atoms with E-state index in [0.29, 0.717) is 23.1 Å². The van der Waals surface area contributed by atoms with Crippen molar-refractivity contribution in [1.82, 2.24) is 0 Å². The molecule has 1 fully saturated rings. The molecule has 0 bridgehead atoms. The van der Waals surface area contributed by atoms with E-state index in [-0.39, 0.29) is 6.10 Å². The molecule has 2 rings (SSSR count). The van der Waals surface area contributed by atoms with Crippen LogP contribution in [0.4, 0.5) is 5.69 Å². The van der Waals surface area contributed by atoms with Crippen molar-refractivity contribution in [1.29, 1.82) is 0 Å². The molecule has 4 unspecified atom stereocenters. The Kier molecular flexibility index (Phi) is 5.94. The Bertz CT molecular complexity index is 557. The van der Waals surface area contributed by atoms with Gasteiger partial charge in [-0.25, -0.2) is 0 Å². The van der Waals surface area contributed by atoms with E-state index in [2.05, 4.69) is 20.8 Å². The van der Waals surface area contributed by atoms with E-state index < -0.39 is 7.52 Å². The highest BCUT2D eigenvalue weighted by atomic mass is 31.2. The Balaban J connectivity index is 2.16. The van der Waals surface area contributed by atoms with E-state index in [1.807, 2.05) is 43.3 Å². The third kappa shape index (κ3) is 4.59. The first kappa shape index (κ1) is 18.5. The first-order valence-corrected chi connectivity index (χ1v) is 10.2. The van der Waals surface area contributed by atoms with Crippen molar-refractivity contribution in [3.05, 3.63) is 24.3 Å². The van der Waals surface area contributed by atoms with Crippen molar-refractivity contribution in [2.24, 2.45) is 23.3 Å². The molecular formula is C18H31N2O2P. The lowest BCUT2D eigenvalue weighted by atomic mass is 9.75. The van der Waals surface area contributed by atoms with Crippen LogP contribution in [0.3, 0.4) is 0 Å². The Hall–Kier alpha value is -0.830. The molecule has 1 aliphatic carbocycles. The van der Waals surface area contributed by atoms with Crippen LogP contribution in [0.2, 0.25) is 0 Å². The van der Waals surface area contributed by atoms with Gasteiger partial charge in [-0.1, -0.05) is 27.2 Å². The van der Waals surface area contributed by atoms with Crippen molar-refractivity contribution in [3.8, 4) is 0 Å². The predicted octanol–water partition coefficient (Wildman–Crippen LogP) is 4.01. The van der Waals surface area contributed by atoms with E-state index >= 15 is 0 Å². The minimum atomic E-state index is -3.29. The zero-order chi connectivity index (χ0) is 17.2. The lowest BCUT2D eigenvalue weighted by Crippen LogP contribution is -2.35. The van der Waals surface area contributed by atoms with Crippen LogP contribution in [0.1, 0.15) is 40.0 Å². The van der Waals surface area contributed by atoms with Crippen molar-refractivity contribution >= 4 is 18.5 Å². The lowest BCUT2D eigenvalue weighted by Gasteiger charge is -2.38. The summed E-state index contributed by atoms with van der Waals surface area (Å²) in [7, 11) is 0.667. The van der Waals surface area contributed by atoms with Crippen LogP contribution in [0.5, 0.6) is 0 Å². The molecule has 1 saturated carbocycles. The van der Waals surface area contributed by atoms with Crippen LogP contribution < -0.4 is 15.7 Å². The quantitative estimate of drug-likeness (QED) is 0.824. The van der Waals surface area contributed by atoms with E-state index in [9.17, 15) is 4.57 Å². The maximum atomic E-state index is 13.0. The van der Waals surface area contributed by atoms with Crippen molar-refractivity contribution in [2.45, 2.75) is 46.1 Å². The van der Waals surface area contributed by atoms with Crippen LogP contribution >= 0.6 is 7.52 Å². The molecule has 4 atom stereocenters. The Labute approximate surface area is 140 Å². The summed E-state index contributed by atoms with van der Waals surface area (Å²) in [6.07, 6.45) is 3.28. The van der Waals surface area contributed by atoms with Crippen LogP contribution in [-0.2, 0) is 9.09 Å². The lowest BCUT2D eigenvalue weighted by molar-refractivity contribution is 0.0498. The number of rotatable bonds is 5. The standard InChI is InChI=1S/C18H31N2O2P/c1-13(2)17-11-6-14(3)12-18(17)22-23(19,21)16-9-7-15(8-10-16)20(4)5/h7-10,13-14,17-18H,6,11-12H2,1-5H3,(H2,19,21). The van der Waals surface area contributed by atoms with Gasteiger partial charge < -0.3 is 9.42 Å². The maximum absolute atomic E-state index is 13.0. The van der Waals surface area contributed by atoms with Crippen molar-refractivity contribution in [2.75, 3.05) is 19.0 Å². The second-order valence-electron chi connectivity index (χ2n) is 7.48. The molecule has 2 N–H and O–H groups in total. The molecule has 0 aliphatic heterocycles. The highest BCUT2D eigenvalue weighted by Gasteiger charge is 2.36. The van der Waals surface area contributed by atoms with Gasteiger partial charge in [-0.05, 0) is 54.9 Å². The van der Waals surface area contributed by atoms with Crippen LogP contribution in [0, 0.1) is 17.8 Å². The van der Waals surface area contributed by atoms with Gasteiger partial charge in [-0.3, -0.25) is 10.1 Å². The van der Waals surface area contributed by atoms with Gasteiger partial charge in [-0.15, -0.1) is 0 Å². The summed E-state index contributed by atoms with van der Waals surface area (Å²) >= 11 is 0. The predicted molar refractivity (Wildman–Crippen MR) is 98.4 cm³/mol. The molecule has 0 spiro atoms. The van der Waals surface area contributed by atoms with E-state index in [1.165, 1.54) is 6.42 Å². The first-order valence-electron chi connectivity index (χ1n) is 8.55. The molecule has 130 valence electrons. The summed E-state index contributed by atoms with van der Waals surface area (Å²) < 4.78 is 19.0. The highest BCUT2D eigenvalue weighted by molar-refractivity contribution is 7.64. The number of hydrogen-bond acceptors (Lipinski definition) is 3. The molecule has 0 heterocycles. The summed E-state index contributed by atoms with van der Waals surface area (Å²) in [6, 6.07) is 7.52. The zero-order valence-electron chi connectivity index (χ0n) is 15.0. The number of nitrogens with two attached hydrogens (primary N) is 1. The SMILES string of the molecule is CC1CCC(C(C)C)C(OP(N)(=O)c2ccc(N(C)C)cc2)C1. The largest absolute Gasteiger partial charge is 0.378 e. The molecule has 0 radical (unpaired) electrons. The Morgan fingerprint density at radius 1 is 1.22 bits per heavy atom. The average molecular weight is 338 g/mol. The molecule has 1 aromatic carbocycles. The molecular weight excluding hydrogens is 307 g/mol. The fourth-order valence-electron chi connectivity index (χ4n) is 3.46. The number of benzene rings is 1. The summed E-state index contributed by atoms with van der Waals surface area (Å²) in [5.41, 5.74) is 7.18. The van der Waals surface area contributed by atoms with Crippen LogP contribution in [-0.4, -0.2) is 20.2 Å². The van der Waals surface area contributed by atoms with Crippen LogP contribution in [0.15, 0.2) is 24.3 Å². The van der Waals surface area contributed by atoms with Gasteiger partial charge in [-0.2, -0.15) is 0 Å². The van der Waals surface area contributed by atoms with Crippen molar-refractivity contribution < 1.29 is 9.09 Å². The topological polar surface area (TPSA) is 55.6 Å². The fraction of sp³-hybridized carbons (Fsp3) is 0.667. The normalized spacial score (nSPS) is 27.7. The summed E-state index contributed by atoms with van der Waals surface area (Å²) in [6.45, 7) is 6.66. The van der Waals surface area contributed by atoms with Gasteiger partial charge in [0.25, 0.3) is 7.52 Å². The summed E-state index contributed by atoms with van der Waals surface area (Å²) in [5.74, 6) is 1.55. The molecule has 0 saturated heterocycles. The van der Waals surface area contributed by atoms with E-state index in [1.54, 1.807) is 0 Å². The van der Waals surface area contributed by atoms with Gasteiger partial charge >= 0.3 is 0 Å². The molecule has 0 amide bonds. The van der Waals surface area contributed by atoms with E-state index in [0.717, 1.165) is 18.5 Å². The number of nitrogens with zero attached hydrogens (tertiary/aromatic N) is 1. The minimum absolute atomic E-state index is 0.0110. The molecule has 0 aromatic heterocycles. The summed E-state index contributed by atoms with van der Waals surface area (Å²) in [5, 5.41) is 0.601. The zero-order valence-corrected chi connectivity index (χ0v) is 15.9. The first-order chi connectivity index (χ1) is 10.7. The number of anilines is 1. The molecule has 23 heavy (non-hydrogen) atoms. The van der Waals surface area contributed by atoms with Crippen molar-refractivity contribution in [3.63, 3.8) is 0 Å². The fourth-order valence-corrected chi connectivity index (χ4v) is 4.79. The third-order valence-corrected chi connectivity index (χ3v) is 6.58. The van der Waals surface area contributed by atoms with Gasteiger partial charge in [0.05, 0.1) is 11.4 Å². The molecule has 5 heteroatoms. The third-order valence-electron chi connectivity index (χ3n) is 4.98. The van der Waals surface area contributed by atoms with Gasteiger partial charge in [0.2, 0.25) is 0 Å². The van der Waals surface area contributed by atoms with Gasteiger partial charge in [0.1, 0.15) is 0 Å². The van der Waals surface area contributed by atoms with Gasteiger partial charge in [0, 0.05) is 19.8 Å². The average Bonchev–Trinajstić information content (AvgIpc) is 2.46. The smallest absolute Gasteiger partial charge is 0.297 e. The minimum Gasteiger partial charge on any atom is -0.378 e. The Morgan fingerprint density at radius 3 is 2.35 bits per heavy atom. The second-order valence-corrected chi connectivity index (χ2v) is 9.40. The van der Waals surface area contributed by atoms with Gasteiger partial charge in [0.15, 0.2) is 0 Å².